The van der Waals surface area contributed by atoms with Gasteiger partial charge in [-0.25, -0.2) is 4.99 Å². The molecule has 0 aliphatic heterocycles. The van der Waals surface area contributed by atoms with Crippen molar-refractivity contribution in [3.63, 3.8) is 0 Å². The summed E-state index contributed by atoms with van der Waals surface area (Å²) in [5.74, 6) is 0. The van der Waals surface area contributed by atoms with E-state index in [-0.39, 0.29) is 0 Å². The monoisotopic (exact) mass is 326 g/mol. The number of benzene rings is 3. The van der Waals surface area contributed by atoms with Crippen molar-refractivity contribution in [3.8, 4) is 0 Å². The predicted molar refractivity (Wildman–Crippen MR) is 107 cm³/mol. The molecule has 124 valence electrons. The van der Waals surface area contributed by atoms with Crippen LogP contribution in [-0.2, 0) is 0 Å². The highest BCUT2D eigenvalue weighted by molar-refractivity contribution is 6.16. The molecule has 0 saturated carbocycles. The Kier molecular flexibility index (Phi) is 5.10. The number of hydrogen-bond acceptors (Lipinski definition) is 2. The first-order chi connectivity index (χ1) is 12.1. The summed E-state index contributed by atoms with van der Waals surface area (Å²) in [7, 11) is 0. The first-order valence-electron chi connectivity index (χ1n) is 8.38. The normalized spacial score (nSPS) is 12.6. The quantitative estimate of drug-likeness (QED) is 0.631. The molecule has 3 aromatic rings. The van der Waals surface area contributed by atoms with Gasteiger partial charge in [0, 0.05) is 11.3 Å². The Bertz CT molecular complexity index is 890. The zero-order valence-electron chi connectivity index (χ0n) is 14.6. The summed E-state index contributed by atoms with van der Waals surface area (Å²) in [6.07, 6.45) is 0. The fraction of sp³-hybridized carbons (Fsp3) is 0.0870. The number of aryl methyl sites for hydroxylation is 1. The number of rotatable bonds is 4. The average molecular weight is 326 g/mol. The second-order valence-electron chi connectivity index (χ2n) is 6.07. The van der Waals surface area contributed by atoms with Crippen LogP contribution in [0.5, 0.6) is 0 Å². The third kappa shape index (κ3) is 4.04. The highest BCUT2D eigenvalue weighted by Crippen LogP contribution is 2.22. The summed E-state index contributed by atoms with van der Waals surface area (Å²) in [5.41, 5.74) is 13.3. The van der Waals surface area contributed by atoms with Crippen molar-refractivity contribution >= 4 is 17.1 Å². The molecule has 0 aromatic heterocycles. The number of allylic oxidation sites excluding steroid dienone is 1. The molecule has 0 aliphatic rings. The summed E-state index contributed by atoms with van der Waals surface area (Å²) in [5, 5.41) is 0. The molecule has 0 amide bonds. The maximum absolute atomic E-state index is 6.45. The van der Waals surface area contributed by atoms with Crippen LogP contribution in [0.1, 0.15) is 23.6 Å². The molecule has 0 saturated heterocycles. The third-order valence-electron chi connectivity index (χ3n) is 4.17. The van der Waals surface area contributed by atoms with Crippen molar-refractivity contribution in [2.75, 3.05) is 0 Å². The van der Waals surface area contributed by atoms with E-state index in [0.717, 1.165) is 33.8 Å². The lowest BCUT2D eigenvalue weighted by Gasteiger charge is -2.12. The molecular formula is C23H22N2. The van der Waals surface area contributed by atoms with Gasteiger partial charge in [-0.05, 0) is 37.1 Å². The van der Waals surface area contributed by atoms with Gasteiger partial charge in [-0.1, -0.05) is 78.4 Å². The molecule has 0 unspecified atom stereocenters. The lowest BCUT2D eigenvalue weighted by Crippen LogP contribution is -2.09. The average Bonchev–Trinajstić information content (AvgIpc) is 2.68. The molecule has 2 N–H and O–H groups in total. The minimum Gasteiger partial charge on any atom is -0.398 e. The number of aliphatic imine (C=N–C) groups is 1. The zero-order valence-corrected chi connectivity index (χ0v) is 14.6. The molecule has 2 nitrogen and oxygen atoms in total. The number of hydrogen-bond donors (Lipinski definition) is 1. The van der Waals surface area contributed by atoms with Gasteiger partial charge in [-0.15, -0.1) is 0 Å². The van der Waals surface area contributed by atoms with E-state index in [9.17, 15) is 0 Å². The largest absolute Gasteiger partial charge is 0.398 e. The van der Waals surface area contributed by atoms with Gasteiger partial charge in [0.05, 0.1) is 11.4 Å². The minimum absolute atomic E-state index is 0.746. The first-order valence-corrected chi connectivity index (χ1v) is 8.38. The molecule has 0 radical (unpaired) electrons. The fourth-order valence-electron chi connectivity index (χ4n) is 2.67. The molecule has 0 spiro atoms. The van der Waals surface area contributed by atoms with Gasteiger partial charge in [-0.3, -0.25) is 0 Å². The Labute approximate surface area is 149 Å². The van der Waals surface area contributed by atoms with Gasteiger partial charge >= 0.3 is 0 Å². The van der Waals surface area contributed by atoms with Crippen molar-refractivity contribution in [1.82, 2.24) is 0 Å². The van der Waals surface area contributed by atoms with Crippen LogP contribution < -0.4 is 5.73 Å². The lowest BCUT2D eigenvalue weighted by atomic mass is 9.98. The Morgan fingerprint density at radius 3 is 1.80 bits per heavy atom. The first kappa shape index (κ1) is 16.7. The maximum Gasteiger partial charge on any atom is 0.0759 e. The Hall–Kier alpha value is -3.13. The molecule has 3 aromatic carbocycles. The zero-order chi connectivity index (χ0) is 17.6. The second kappa shape index (κ2) is 7.63. The van der Waals surface area contributed by atoms with Crippen molar-refractivity contribution in [2.45, 2.75) is 13.8 Å². The number of nitrogens with zero attached hydrogens (tertiary/aromatic N) is 1. The Balaban J connectivity index is 2.13. The summed E-state index contributed by atoms with van der Waals surface area (Å²) in [6, 6.07) is 28.4. The second-order valence-corrected chi connectivity index (χ2v) is 6.07. The van der Waals surface area contributed by atoms with E-state index in [2.05, 4.69) is 31.2 Å². The molecule has 0 fully saturated rings. The fourth-order valence-corrected chi connectivity index (χ4v) is 2.67. The third-order valence-corrected chi connectivity index (χ3v) is 4.17. The molecular weight excluding hydrogens is 304 g/mol. The molecule has 0 atom stereocenters. The van der Waals surface area contributed by atoms with Crippen LogP contribution in [0, 0.1) is 6.92 Å². The van der Waals surface area contributed by atoms with Crippen LogP contribution >= 0.6 is 0 Å². The van der Waals surface area contributed by atoms with E-state index in [0.29, 0.717) is 0 Å². The van der Waals surface area contributed by atoms with E-state index >= 15 is 0 Å². The van der Waals surface area contributed by atoms with Crippen molar-refractivity contribution in [2.24, 2.45) is 10.7 Å². The van der Waals surface area contributed by atoms with Gasteiger partial charge < -0.3 is 5.73 Å². The SMILES string of the molecule is C/C(C(=Nc1ccc(C)cc1)c1ccccc1)=C(/N)c1ccccc1. The van der Waals surface area contributed by atoms with Crippen LogP contribution in [0.3, 0.4) is 0 Å². The lowest BCUT2D eigenvalue weighted by molar-refractivity contribution is 1.39. The van der Waals surface area contributed by atoms with Crippen molar-refractivity contribution in [3.05, 3.63) is 107 Å². The van der Waals surface area contributed by atoms with Crippen LogP contribution in [-0.4, -0.2) is 5.71 Å². The van der Waals surface area contributed by atoms with E-state index in [1.165, 1.54) is 5.56 Å². The van der Waals surface area contributed by atoms with Crippen LogP contribution in [0.2, 0.25) is 0 Å². The van der Waals surface area contributed by atoms with Gasteiger partial charge in [0.2, 0.25) is 0 Å². The van der Waals surface area contributed by atoms with Crippen molar-refractivity contribution in [1.29, 1.82) is 0 Å². The molecule has 25 heavy (non-hydrogen) atoms. The molecule has 3 rings (SSSR count). The van der Waals surface area contributed by atoms with Crippen molar-refractivity contribution < 1.29 is 0 Å². The standard InChI is InChI=1S/C23H22N2/c1-17-13-15-21(16-14-17)25-23(20-11-7-4-8-12-20)18(2)22(24)19-9-5-3-6-10-19/h3-16H,24H2,1-2H3/b22-18-,25-23?. The molecule has 0 bridgehead atoms. The van der Waals surface area contributed by atoms with Gasteiger partial charge in [0.15, 0.2) is 0 Å². The number of nitrogens with two attached hydrogens (primary N) is 1. The van der Waals surface area contributed by atoms with E-state index in [1.54, 1.807) is 0 Å². The van der Waals surface area contributed by atoms with Crippen LogP contribution in [0.15, 0.2) is 95.5 Å². The summed E-state index contributed by atoms with van der Waals surface area (Å²) in [6.45, 7) is 4.10. The van der Waals surface area contributed by atoms with Gasteiger partial charge in [0.1, 0.15) is 0 Å². The highest BCUT2D eigenvalue weighted by Gasteiger charge is 2.11. The van der Waals surface area contributed by atoms with E-state index in [1.807, 2.05) is 67.6 Å². The maximum atomic E-state index is 6.45. The van der Waals surface area contributed by atoms with E-state index < -0.39 is 0 Å². The predicted octanol–water partition coefficient (Wildman–Crippen LogP) is 5.51. The highest BCUT2D eigenvalue weighted by atomic mass is 14.8. The van der Waals surface area contributed by atoms with E-state index in [4.69, 9.17) is 10.7 Å². The topological polar surface area (TPSA) is 38.4 Å². The Morgan fingerprint density at radius 1 is 0.720 bits per heavy atom. The van der Waals surface area contributed by atoms with Gasteiger partial charge in [0.25, 0.3) is 0 Å². The Morgan fingerprint density at radius 2 is 1.24 bits per heavy atom. The summed E-state index contributed by atoms with van der Waals surface area (Å²) in [4.78, 5) is 4.90. The molecule has 2 heteroatoms. The van der Waals surface area contributed by atoms with Crippen LogP contribution in [0.25, 0.3) is 5.70 Å². The molecule has 0 heterocycles. The minimum atomic E-state index is 0.746. The van der Waals surface area contributed by atoms with Gasteiger partial charge in [-0.2, -0.15) is 0 Å². The summed E-state index contributed by atoms with van der Waals surface area (Å²) < 4.78 is 0. The smallest absolute Gasteiger partial charge is 0.0759 e. The van der Waals surface area contributed by atoms with Crippen LogP contribution in [0.4, 0.5) is 5.69 Å². The summed E-state index contributed by atoms with van der Waals surface area (Å²) >= 11 is 0. The molecule has 0 aliphatic carbocycles.